The summed E-state index contributed by atoms with van der Waals surface area (Å²) in [5.74, 6) is 4.48. The zero-order valence-electron chi connectivity index (χ0n) is 29.5. The molecule has 0 saturated carbocycles. The summed E-state index contributed by atoms with van der Waals surface area (Å²) in [6.07, 6.45) is 0. The molecule has 0 radical (unpaired) electrons. The second-order valence-corrected chi connectivity index (χ2v) is 14.7. The molecule has 0 aliphatic carbocycles. The average Bonchev–Trinajstić information content (AvgIpc) is 3.21. The Morgan fingerprint density at radius 2 is 0.660 bits per heavy atom. The Kier molecular flexibility index (Phi) is 16.9. The number of halogens is 3. The maximum absolute atomic E-state index is 6.00. The van der Waals surface area contributed by atoms with Crippen LogP contribution in [0.25, 0.3) is 0 Å². The Morgan fingerprint density at radius 1 is 0.404 bits per heavy atom. The number of rotatable bonds is 10. The van der Waals surface area contributed by atoms with Gasteiger partial charge in [0, 0.05) is 18.2 Å². The number of hydrogen-bond donors (Lipinski definition) is 0. The zero-order chi connectivity index (χ0) is 31.8. The van der Waals surface area contributed by atoms with Crippen molar-refractivity contribution in [3.05, 3.63) is 75.3 Å². The summed E-state index contributed by atoms with van der Waals surface area (Å²) in [7, 11) is 6.93. The quantitative estimate of drug-likeness (QED) is 0.0937. The first-order chi connectivity index (χ1) is 20.5. The van der Waals surface area contributed by atoms with Crippen LogP contribution in [0.3, 0.4) is 0 Å². The minimum atomic E-state index is -3.30. The molecule has 0 unspecified atom stereocenters. The van der Waals surface area contributed by atoms with Crippen LogP contribution in [0, 0.1) is 48.5 Å². The fourth-order valence-corrected chi connectivity index (χ4v) is 13.1. The van der Waals surface area contributed by atoms with E-state index in [0.717, 1.165) is 66.7 Å². The van der Waals surface area contributed by atoms with Crippen LogP contribution in [0.5, 0.6) is 34.5 Å². The number of hydrogen-bond acceptors (Lipinski definition) is 6. The average molecular weight is 756 g/mol. The molecule has 0 N–H and O–H groups in total. The van der Waals surface area contributed by atoms with Gasteiger partial charge in [-0.25, -0.2) is 0 Å². The molecule has 0 heterocycles. The number of methoxy groups -OCH3 is 6. The van der Waals surface area contributed by atoms with Crippen molar-refractivity contribution in [3.8, 4) is 34.5 Å². The molecule has 0 saturated heterocycles. The molecule has 254 valence electrons. The van der Waals surface area contributed by atoms with Crippen molar-refractivity contribution < 1.29 is 87.4 Å². The molecule has 47 heavy (non-hydrogen) atoms. The maximum Gasteiger partial charge on any atom is 4.00 e. The fraction of sp³-hybridized carbons (Fsp3) is 0.361. The first-order valence-electron chi connectivity index (χ1n) is 14.4. The van der Waals surface area contributed by atoms with Crippen LogP contribution in [-0.2, 0) is 21.7 Å². The van der Waals surface area contributed by atoms with Crippen molar-refractivity contribution in [2.45, 2.75) is 48.5 Å². The third kappa shape index (κ3) is 7.31. The normalized spacial score (nSPS) is 10.4. The van der Waals surface area contributed by atoms with Crippen LogP contribution in [0.2, 0.25) is 0 Å². The van der Waals surface area contributed by atoms with E-state index in [4.69, 9.17) is 28.4 Å². The van der Waals surface area contributed by atoms with Gasteiger partial charge in [0.2, 0.25) is 0 Å². The Morgan fingerprint density at radius 3 is 0.872 bits per heavy atom. The Hall–Kier alpha value is -2.39. The fourth-order valence-electron chi connectivity index (χ4n) is 6.77. The summed E-state index contributed by atoms with van der Waals surface area (Å²) in [5.41, 5.74) is 8.26. The van der Waals surface area contributed by atoms with Crippen LogP contribution in [0.1, 0.15) is 38.9 Å². The van der Waals surface area contributed by atoms with Gasteiger partial charge in [-0.1, -0.05) is 27.7 Å². The van der Waals surface area contributed by atoms with Gasteiger partial charge in [0.15, 0.2) is 0 Å². The van der Waals surface area contributed by atoms with E-state index in [1.165, 1.54) is 27.4 Å². The van der Waals surface area contributed by atoms with Gasteiger partial charge in [-0.15, -0.1) is 5.19 Å². The molecule has 0 aromatic heterocycles. The van der Waals surface area contributed by atoms with Crippen molar-refractivity contribution in [2.24, 2.45) is 0 Å². The summed E-state index contributed by atoms with van der Waals surface area (Å²) in [4.78, 5) is 0. The van der Waals surface area contributed by atoms with Crippen LogP contribution >= 0.6 is 0 Å². The predicted octanol–water partition coefficient (Wildman–Crippen LogP) is -4.00. The number of ether oxygens (including phenoxy) is 6. The van der Waals surface area contributed by atoms with Gasteiger partial charge in [-0.05, 0) is 71.2 Å². The predicted molar refractivity (Wildman–Crippen MR) is 178 cm³/mol. The summed E-state index contributed by atoms with van der Waals surface area (Å²) >= 11 is 0. The zero-order valence-corrected chi connectivity index (χ0v) is 34.4. The molecule has 0 aliphatic heterocycles. The standard InChI is InChI=1S/C36H45O6Si.3ClH.Ti/c1-20-21(2)23(4)36(22(20)3)43(33-17-27(37-8)14-30(40-11)24(33)5,34-18-28(38-9)15-31(41-12)25(34)6)35-19-29(39-10)16-32(42-13)26(35)7;;;;/h14-19H,1-13H3;3*1H;/q-1;;;;+4/p-3. The van der Waals surface area contributed by atoms with E-state index in [9.17, 15) is 0 Å². The van der Waals surface area contributed by atoms with E-state index in [0.29, 0.717) is 0 Å². The van der Waals surface area contributed by atoms with Crippen molar-refractivity contribution in [2.75, 3.05) is 42.7 Å². The van der Waals surface area contributed by atoms with Gasteiger partial charge in [0.05, 0.1) is 42.7 Å². The minimum absolute atomic E-state index is 0. The first-order valence-corrected chi connectivity index (χ1v) is 16.4. The molecule has 11 heteroatoms. The topological polar surface area (TPSA) is 55.4 Å². The van der Waals surface area contributed by atoms with Crippen molar-refractivity contribution in [3.63, 3.8) is 0 Å². The maximum atomic E-state index is 6.00. The molecule has 6 nitrogen and oxygen atoms in total. The SMILES string of the molecule is COc1cc(OC)c(C)c([Si](c2cc(OC)cc(OC)c2C)(c2cc(OC)cc(OC)c2C)[c-]2c(C)c(C)c(C)c2C)c1.[Cl-].[Cl-].[Cl-].[Ti+4]. The second-order valence-electron chi connectivity index (χ2n) is 11.1. The number of benzene rings is 3. The molecule has 4 rings (SSSR count). The summed E-state index contributed by atoms with van der Waals surface area (Å²) < 4.78 is 35.8. The molecule has 0 atom stereocenters. The van der Waals surface area contributed by atoms with Crippen molar-refractivity contribution in [1.29, 1.82) is 0 Å². The smallest absolute Gasteiger partial charge is 1.00 e. The minimum Gasteiger partial charge on any atom is -1.00 e. The monoisotopic (exact) mass is 754 g/mol. The molecule has 4 aromatic rings. The molecule has 0 fully saturated rings. The molecule has 0 amide bonds. The van der Waals surface area contributed by atoms with Crippen LogP contribution in [0.4, 0.5) is 0 Å². The summed E-state index contributed by atoms with van der Waals surface area (Å²) in [6, 6.07) is 12.4. The van der Waals surface area contributed by atoms with Gasteiger partial charge >= 0.3 is 21.7 Å². The first kappa shape index (κ1) is 44.6. The van der Waals surface area contributed by atoms with Crippen LogP contribution < -0.4 is 86.4 Å². The van der Waals surface area contributed by atoms with E-state index in [-0.39, 0.29) is 58.9 Å². The van der Waals surface area contributed by atoms with E-state index in [1.54, 1.807) is 42.7 Å². The van der Waals surface area contributed by atoms with Crippen molar-refractivity contribution >= 4 is 28.8 Å². The van der Waals surface area contributed by atoms with Crippen LogP contribution in [-0.4, -0.2) is 50.7 Å². The molecule has 4 aromatic carbocycles. The molecular weight excluding hydrogens is 711 g/mol. The van der Waals surface area contributed by atoms with Gasteiger partial charge in [-0.3, -0.25) is 0 Å². The van der Waals surface area contributed by atoms with Gasteiger partial charge in [0.25, 0.3) is 0 Å². The van der Waals surface area contributed by atoms with E-state index in [1.807, 2.05) is 18.2 Å². The Balaban J connectivity index is 0.00000529. The molecule has 0 bridgehead atoms. The third-order valence-corrected chi connectivity index (χ3v) is 14.9. The summed E-state index contributed by atoms with van der Waals surface area (Å²) in [6.45, 7) is 15.4. The van der Waals surface area contributed by atoms with E-state index in [2.05, 4.69) is 66.7 Å². The summed E-state index contributed by atoms with van der Waals surface area (Å²) in [5, 5.41) is 4.77. The molecule has 0 aliphatic rings. The van der Waals surface area contributed by atoms with Crippen molar-refractivity contribution in [1.82, 2.24) is 0 Å². The third-order valence-electron chi connectivity index (χ3n) is 9.39. The van der Waals surface area contributed by atoms with Gasteiger partial charge in [-0.2, -0.15) is 22.3 Å². The Labute approximate surface area is 315 Å². The largest absolute Gasteiger partial charge is 4.00 e. The Bertz CT molecular complexity index is 1510. The second kappa shape index (κ2) is 17.8. The van der Waals surface area contributed by atoms with Gasteiger partial charge in [0.1, 0.15) is 42.6 Å². The van der Waals surface area contributed by atoms with Gasteiger partial charge < -0.3 is 65.6 Å². The molecular formula is C36H45Cl3O6SiTi. The van der Waals surface area contributed by atoms with E-state index >= 15 is 0 Å². The van der Waals surface area contributed by atoms with E-state index < -0.39 is 8.07 Å². The molecule has 0 spiro atoms. The van der Waals surface area contributed by atoms with Crippen LogP contribution in [0.15, 0.2) is 36.4 Å².